The molecule has 2 aromatic rings. The Morgan fingerprint density at radius 1 is 1.23 bits per heavy atom. The van der Waals surface area contributed by atoms with Crippen molar-refractivity contribution < 1.29 is 9.21 Å². The van der Waals surface area contributed by atoms with Crippen molar-refractivity contribution in [3.63, 3.8) is 0 Å². The number of thioether (sulfide) groups is 1. The van der Waals surface area contributed by atoms with E-state index in [4.69, 9.17) is 16.0 Å². The minimum absolute atomic E-state index is 0.0403. The van der Waals surface area contributed by atoms with Crippen LogP contribution in [-0.2, 0) is 4.79 Å². The molecule has 26 heavy (non-hydrogen) atoms. The lowest BCUT2D eigenvalue weighted by Crippen LogP contribution is -2.42. The van der Waals surface area contributed by atoms with E-state index in [2.05, 4.69) is 10.2 Å². The van der Waals surface area contributed by atoms with Crippen LogP contribution in [0.4, 0.5) is 0 Å². The molecule has 1 aromatic carbocycles. The SMILES string of the molecule is C[C@@H](Sc1ccc(Cl)cc1)C(=O)NC[C@@H](c1ccco1)N1CCCCC1. The van der Waals surface area contributed by atoms with E-state index < -0.39 is 0 Å². The number of hydrogen-bond donors (Lipinski definition) is 1. The van der Waals surface area contributed by atoms with Gasteiger partial charge in [-0.2, -0.15) is 0 Å². The molecule has 140 valence electrons. The molecule has 3 rings (SSSR count). The van der Waals surface area contributed by atoms with Crippen LogP contribution in [0.25, 0.3) is 0 Å². The van der Waals surface area contributed by atoms with Crippen LogP contribution >= 0.6 is 23.4 Å². The lowest BCUT2D eigenvalue weighted by molar-refractivity contribution is -0.120. The summed E-state index contributed by atoms with van der Waals surface area (Å²) in [5, 5.41) is 3.64. The fourth-order valence-corrected chi connectivity index (χ4v) is 4.25. The van der Waals surface area contributed by atoms with E-state index in [-0.39, 0.29) is 17.2 Å². The average molecular weight is 393 g/mol. The van der Waals surface area contributed by atoms with E-state index in [1.54, 1.807) is 6.26 Å². The summed E-state index contributed by atoms with van der Waals surface area (Å²) in [5.74, 6) is 0.962. The number of carbonyl (C=O) groups is 1. The Morgan fingerprint density at radius 2 is 1.96 bits per heavy atom. The molecule has 1 saturated heterocycles. The second kappa shape index (κ2) is 9.49. The summed E-state index contributed by atoms with van der Waals surface area (Å²) >= 11 is 7.45. The topological polar surface area (TPSA) is 45.5 Å². The van der Waals surface area contributed by atoms with Gasteiger partial charge in [-0.05, 0) is 69.3 Å². The maximum Gasteiger partial charge on any atom is 0.233 e. The lowest BCUT2D eigenvalue weighted by Gasteiger charge is -2.33. The first-order chi connectivity index (χ1) is 12.6. The van der Waals surface area contributed by atoms with Crippen LogP contribution in [0, 0.1) is 0 Å². The van der Waals surface area contributed by atoms with E-state index in [0.717, 1.165) is 23.7 Å². The first kappa shape index (κ1) is 19.3. The van der Waals surface area contributed by atoms with Gasteiger partial charge in [-0.1, -0.05) is 18.0 Å². The summed E-state index contributed by atoms with van der Waals surface area (Å²) in [6.07, 6.45) is 5.39. The van der Waals surface area contributed by atoms with Gasteiger partial charge >= 0.3 is 0 Å². The molecular weight excluding hydrogens is 368 g/mol. The maximum absolute atomic E-state index is 12.6. The normalized spacial score (nSPS) is 17.6. The molecule has 2 atom stereocenters. The van der Waals surface area contributed by atoms with E-state index in [9.17, 15) is 4.79 Å². The Bertz CT molecular complexity index is 684. The molecule has 1 fully saturated rings. The number of benzene rings is 1. The average Bonchev–Trinajstić information content (AvgIpc) is 3.19. The zero-order valence-corrected chi connectivity index (χ0v) is 16.6. The Kier molecular flexibility index (Phi) is 7.06. The van der Waals surface area contributed by atoms with Crippen LogP contribution in [-0.4, -0.2) is 35.7 Å². The molecule has 1 aliphatic rings. The van der Waals surface area contributed by atoms with Crippen molar-refractivity contribution in [2.45, 2.75) is 42.4 Å². The number of halogens is 1. The number of carbonyl (C=O) groups excluding carboxylic acids is 1. The van der Waals surface area contributed by atoms with Crippen LogP contribution < -0.4 is 5.32 Å². The number of furan rings is 1. The van der Waals surface area contributed by atoms with Gasteiger partial charge in [-0.3, -0.25) is 9.69 Å². The molecule has 1 amide bonds. The van der Waals surface area contributed by atoms with Crippen LogP contribution in [0.2, 0.25) is 5.02 Å². The minimum atomic E-state index is -0.171. The molecule has 6 heteroatoms. The van der Waals surface area contributed by atoms with Gasteiger partial charge in [0.15, 0.2) is 0 Å². The Labute approximate surface area is 164 Å². The van der Waals surface area contributed by atoms with Crippen molar-refractivity contribution in [2.75, 3.05) is 19.6 Å². The largest absolute Gasteiger partial charge is 0.468 e. The molecule has 1 N–H and O–H groups in total. The van der Waals surface area contributed by atoms with Gasteiger partial charge in [0.05, 0.1) is 17.6 Å². The number of nitrogens with zero attached hydrogens (tertiary/aromatic N) is 1. The number of rotatable bonds is 7. The predicted molar refractivity (Wildman–Crippen MR) is 107 cm³/mol. The second-order valence-electron chi connectivity index (χ2n) is 6.59. The van der Waals surface area contributed by atoms with Gasteiger partial charge in [0.25, 0.3) is 0 Å². The minimum Gasteiger partial charge on any atom is -0.468 e. The Balaban J connectivity index is 1.57. The van der Waals surface area contributed by atoms with Crippen molar-refractivity contribution in [3.8, 4) is 0 Å². The zero-order valence-electron chi connectivity index (χ0n) is 15.0. The maximum atomic E-state index is 12.6. The molecule has 1 aliphatic heterocycles. The monoisotopic (exact) mass is 392 g/mol. The van der Waals surface area contributed by atoms with Crippen molar-refractivity contribution >= 4 is 29.3 Å². The molecule has 0 radical (unpaired) electrons. The standard InChI is InChI=1S/C20H25ClN2O2S/c1-15(26-17-9-7-16(21)8-10-17)20(24)22-14-18(19-6-5-13-25-19)23-11-3-2-4-12-23/h5-10,13,15,18H,2-4,11-12,14H2,1H3,(H,22,24)/t15-,18+/m1/s1. The summed E-state index contributed by atoms with van der Waals surface area (Å²) < 4.78 is 5.64. The molecule has 0 aliphatic carbocycles. The van der Waals surface area contributed by atoms with Gasteiger partial charge in [0.1, 0.15) is 5.76 Å². The van der Waals surface area contributed by atoms with Gasteiger partial charge < -0.3 is 9.73 Å². The first-order valence-corrected chi connectivity index (χ1v) is 10.4. The lowest BCUT2D eigenvalue weighted by atomic mass is 10.1. The first-order valence-electron chi connectivity index (χ1n) is 9.11. The third kappa shape index (κ3) is 5.29. The third-order valence-electron chi connectivity index (χ3n) is 4.67. The van der Waals surface area contributed by atoms with Crippen LogP contribution in [0.1, 0.15) is 38.0 Å². The number of hydrogen-bond acceptors (Lipinski definition) is 4. The van der Waals surface area contributed by atoms with Gasteiger partial charge in [-0.25, -0.2) is 0 Å². The zero-order chi connectivity index (χ0) is 18.4. The molecule has 0 unspecified atom stereocenters. The smallest absolute Gasteiger partial charge is 0.233 e. The van der Waals surface area contributed by atoms with Crippen molar-refractivity contribution in [1.29, 1.82) is 0 Å². The van der Waals surface area contributed by atoms with Crippen LogP contribution in [0.3, 0.4) is 0 Å². The summed E-state index contributed by atoms with van der Waals surface area (Å²) in [7, 11) is 0. The van der Waals surface area contributed by atoms with Crippen molar-refractivity contribution in [2.24, 2.45) is 0 Å². The van der Waals surface area contributed by atoms with E-state index in [0.29, 0.717) is 11.6 Å². The summed E-state index contributed by atoms with van der Waals surface area (Å²) in [6, 6.07) is 11.6. The molecule has 1 aromatic heterocycles. The van der Waals surface area contributed by atoms with E-state index >= 15 is 0 Å². The molecule has 2 heterocycles. The third-order valence-corrected chi connectivity index (χ3v) is 6.03. The van der Waals surface area contributed by atoms with Crippen LogP contribution in [0.5, 0.6) is 0 Å². The highest BCUT2D eigenvalue weighted by atomic mass is 35.5. The Hall–Kier alpha value is -1.43. The van der Waals surface area contributed by atoms with E-state index in [1.165, 1.54) is 31.0 Å². The van der Waals surface area contributed by atoms with Crippen LogP contribution in [0.15, 0.2) is 52.0 Å². The van der Waals surface area contributed by atoms with Crippen molar-refractivity contribution in [1.82, 2.24) is 10.2 Å². The predicted octanol–water partition coefficient (Wildman–Crippen LogP) is 4.76. The summed E-state index contributed by atoms with van der Waals surface area (Å²) in [5.41, 5.74) is 0. The highest BCUT2D eigenvalue weighted by Gasteiger charge is 2.25. The molecular formula is C20H25ClN2O2S. The quantitative estimate of drug-likeness (QED) is 0.690. The Morgan fingerprint density at radius 3 is 2.62 bits per heavy atom. The highest BCUT2D eigenvalue weighted by Crippen LogP contribution is 2.26. The molecule has 0 bridgehead atoms. The van der Waals surface area contributed by atoms with Gasteiger partial charge in [0.2, 0.25) is 5.91 Å². The summed E-state index contributed by atoms with van der Waals surface area (Å²) in [6.45, 7) is 4.60. The molecule has 0 spiro atoms. The molecule has 4 nitrogen and oxygen atoms in total. The second-order valence-corrected chi connectivity index (χ2v) is 8.44. The highest BCUT2D eigenvalue weighted by molar-refractivity contribution is 8.00. The number of likely N-dealkylation sites (tertiary alicyclic amines) is 1. The number of amides is 1. The molecule has 0 saturated carbocycles. The summed E-state index contributed by atoms with van der Waals surface area (Å²) in [4.78, 5) is 16.0. The number of piperidine rings is 1. The number of nitrogens with one attached hydrogen (secondary N) is 1. The fourth-order valence-electron chi connectivity index (χ4n) is 3.23. The van der Waals surface area contributed by atoms with Gasteiger partial charge in [0, 0.05) is 16.5 Å². The van der Waals surface area contributed by atoms with E-state index in [1.807, 2.05) is 43.3 Å². The fraction of sp³-hybridized carbons (Fsp3) is 0.450. The van der Waals surface area contributed by atoms with Crippen molar-refractivity contribution in [3.05, 3.63) is 53.4 Å². The van der Waals surface area contributed by atoms with Gasteiger partial charge in [-0.15, -0.1) is 11.8 Å².